The van der Waals surface area contributed by atoms with Gasteiger partial charge in [0.25, 0.3) is 0 Å². The maximum Gasteiger partial charge on any atom is 0.405 e. The zero-order valence-electron chi connectivity index (χ0n) is 8.43. The van der Waals surface area contributed by atoms with Crippen molar-refractivity contribution in [1.29, 1.82) is 0 Å². The van der Waals surface area contributed by atoms with Gasteiger partial charge in [-0.1, -0.05) is 0 Å². The van der Waals surface area contributed by atoms with Crippen LogP contribution in [0, 0.1) is 0 Å². The number of imidazole rings is 1. The number of carbonyl (C=O) groups excluding carboxylic acids is 1. The zero-order valence-corrected chi connectivity index (χ0v) is 8.43. The largest absolute Gasteiger partial charge is 0.405 e. The molecule has 16 heavy (non-hydrogen) atoms. The highest BCUT2D eigenvalue weighted by molar-refractivity contribution is 5.74. The Morgan fingerprint density at radius 3 is 2.81 bits per heavy atom. The first kappa shape index (κ1) is 12.3. The van der Waals surface area contributed by atoms with Crippen LogP contribution >= 0.6 is 0 Å². The first-order valence-corrected chi connectivity index (χ1v) is 4.49. The molecule has 3 N–H and O–H groups in total. The van der Waals surface area contributed by atoms with Crippen LogP contribution in [0.25, 0.3) is 0 Å². The van der Waals surface area contributed by atoms with Gasteiger partial charge < -0.3 is 15.6 Å². The Kier molecular flexibility index (Phi) is 3.75. The van der Waals surface area contributed by atoms with Gasteiger partial charge in [-0.3, -0.25) is 0 Å². The van der Waals surface area contributed by atoms with Crippen LogP contribution in [0.4, 0.5) is 18.0 Å². The molecule has 0 fully saturated rings. The SMILES string of the molecule is CC(NC(=O)NCC(F)(F)F)c1ncc[nH]1. The van der Waals surface area contributed by atoms with Gasteiger partial charge in [0.2, 0.25) is 0 Å². The topological polar surface area (TPSA) is 69.8 Å². The first-order valence-electron chi connectivity index (χ1n) is 4.49. The van der Waals surface area contributed by atoms with Crippen LogP contribution in [-0.2, 0) is 0 Å². The number of nitrogens with one attached hydrogen (secondary N) is 3. The molecule has 1 atom stereocenters. The number of rotatable bonds is 3. The molecule has 0 aromatic carbocycles. The van der Waals surface area contributed by atoms with E-state index >= 15 is 0 Å². The molecule has 1 aromatic rings. The molecule has 90 valence electrons. The summed E-state index contributed by atoms with van der Waals surface area (Å²) in [5.74, 6) is 0.474. The monoisotopic (exact) mass is 236 g/mol. The summed E-state index contributed by atoms with van der Waals surface area (Å²) in [6, 6.07) is -1.37. The molecule has 0 aliphatic heterocycles. The lowest BCUT2D eigenvalue weighted by molar-refractivity contribution is -0.122. The van der Waals surface area contributed by atoms with E-state index < -0.39 is 24.8 Å². The number of carbonyl (C=O) groups is 1. The number of urea groups is 1. The maximum absolute atomic E-state index is 11.8. The summed E-state index contributed by atoms with van der Waals surface area (Å²) in [5.41, 5.74) is 0. The second-order valence-electron chi connectivity index (χ2n) is 3.14. The smallest absolute Gasteiger partial charge is 0.347 e. The average molecular weight is 236 g/mol. The van der Waals surface area contributed by atoms with Crippen molar-refractivity contribution in [1.82, 2.24) is 20.6 Å². The van der Waals surface area contributed by atoms with Gasteiger partial charge in [-0.25, -0.2) is 9.78 Å². The molecule has 2 amide bonds. The minimum absolute atomic E-state index is 0.474. The summed E-state index contributed by atoms with van der Waals surface area (Å²) in [7, 11) is 0. The van der Waals surface area contributed by atoms with Crippen molar-refractivity contribution in [2.75, 3.05) is 6.54 Å². The summed E-state index contributed by atoms with van der Waals surface area (Å²) in [6.07, 6.45) is -1.37. The van der Waals surface area contributed by atoms with Gasteiger partial charge in [0.05, 0.1) is 6.04 Å². The highest BCUT2D eigenvalue weighted by Crippen LogP contribution is 2.12. The molecule has 0 spiro atoms. The third-order valence-electron chi connectivity index (χ3n) is 1.73. The molecule has 0 bridgehead atoms. The van der Waals surface area contributed by atoms with E-state index in [0.29, 0.717) is 5.82 Å². The second kappa shape index (κ2) is 4.86. The average Bonchev–Trinajstić information content (AvgIpc) is 2.66. The molecule has 0 saturated heterocycles. The lowest BCUT2D eigenvalue weighted by Crippen LogP contribution is -2.41. The minimum atomic E-state index is -4.41. The van der Waals surface area contributed by atoms with E-state index in [2.05, 4.69) is 15.3 Å². The van der Waals surface area contributed by atoms with E-state index in [1.807, 2.05) is 0 Å². The maximum atomic E-state index is 11.8. The third kappa shape index (κ3) is 4.20. The molecule has 8 heteroatoms. The number of alkyl halides is 3. The molecule has 1 heterocycles. The highest BCUT2D eigenvalue weighted by atomic mass is 19.4. The van der Waals surface area contributed by atoms with Crippen molar-refractivity contribution in [3.05, 3.63) is 18.2 Å². The number of H-pyrrole nitrogens is 1. The second-order valence-corrected chi connectivity index (χ2v) is 3.14. The third-order valence-corrected chi connectivity index (χ3v) is 1.73. The van der Waals surface area contributed by atoms with Crippen LogP contribution in [0.3, 0.4) is 0 Å². The van der Waals surface area contributed by atoms with Crippen molar-refractivity contribution in [3.8, 4) is 0 Å². The van der Waals surface area contributed by atoms with Gasteiger partial charge in [0.1, 0.15) is 12.4 Å². The summed E-state index contributed by atoms with van der Waals surface area (Å²) >= 11 is 0. The summed E-state index contributed by atoms with van der Waals surface area (Å²) in [6.45, 7) is 0.246. The van der Waals surface area contributed by atoms with Gasteiger partial charge in [-0.15, -0.1) is 0 Å². The van der Waals surface area contributed by atoms with Gasteiger partial charge in [0.15, 0.2) is 0 Å². The number of nitrogens with zero attached hydrogens (tertiary/aromatic N) is 1. The minimum Gasteiger partial charge on any atom is -0.347 e. The van der Waals surface area contributed by atoms with Crippen molar-refractivity contribution in [2.24, 2.45) is 0 Å². The number of aromatic nitrogens is 2. The quantitative estimate of drug-likeness (QED) is 0.741. The Bertz CT molecular complexity index is 336. The van der Waals surface area contributed by atoms with Crippen molar-refractivity contribution in [3.63, 3.8) is 0 Å². The number of aromatic amines is 1. The fourth-order valence-corrected chi connectivity index (χ4v) is 1.01. The fourth-order valence-electron chi connectivity index (χ4n) is 1.01. The van der Waals surface area contributed by atoms with Crippen LogP contribution in [0.2, 0.25) is 0 Å². The first-order chi connectivity index (χ1) is 7.38. The molecule has 1 rings (SSSR count). The predicted molar refractivity (Wildman–Crippen MR) is 49.6 cm³/mol. The van der Waals surface area contributed by atoms with Crippen molar-refractivity contribution >= 4 is 6.03 Å². The van der Waals surface area contributed by atoms with Gasteiger partial charge >= 0.3 is 12.2 Å². The number of hydrogen-bond acceptors (Lipinski definition) is 2. The molecule has 1 unspecified atom stereocenters. The van der Waals surface area contributed by atoms with E-state index in [4.69, 9.17) is 0 Å². The zero-order chi connectivity index (χ0) is 12.2. The normalized spacial score (nSPS) is 13.2. The molecular weight excluding hydrogens is 225 g/mol. The van der Waals surface area contributed by atoms with Crippen LogP contribution < -0.4 is 10.6 Å². The molecule has 0 saturated carbocycles. The standard InChI is InChI=1S/C8H11F3N4O/c1-5(6-12-2-3-13-6)15-7(16)14-4-8(9,10)11/h2-3,5H,4H2,1H3,(H,12,13)(H2,14,15,16). The lowest BCUT2D eigenvalue weighted by atomic mass is 10.3. The summed E-state index contributed by atoms with van der Waals surface area (Å²) in [5, 5.41) is 4.01. The van der Waals surface area contributed by atoms with Crippen LogP contribution in [0.5, 0.6) is 0 Å². The fraction of sp³-hybridized carbons (Fsp3) is 0.500. The van der Waals surface area contributed by atoms with Crippen LogP contribution in [-0.4, -0.2) is 28.7 Å². The Morgan fingerprint density at radius 1 is 1.62 bits per heavy atom. The molecular formula is C8H11F3N4O. The number of amides is 2. The number of hydrogen-bond donors (Lipinski definition) is 3. The Hall–Kier alpha value is -1.73. The predicted octanol–water partition coefficient (Wildman–Crippen LogP) is 1.33. The highest BCUT2D eigenvalue weighted by Gasteiger charge is 2.27. The molecule has 0 radical (unpaired) electrons. The molecule has 5 nitrogen and oxygen atoms in total. The van der Waals surface area contributed by atoms with E-state index in [1.54, 1.807) is 18.4 Å². The molecule has 1 aromatic heterocycles. The Balaban J connectivity index is 2.35. The van der Waals surface area contributed by atoms with Gasteiger partial charge in [-0.2, -0.15) is 13.2 Å². The van der Waals surface area contributed by atoms with E-state index in [9.17, 15) is 18.0 Å². The molecule has 0 aliphatic carbocycles. The lowest BCUT2D eigenvalue weighted by Gasteiger charge is -2.13. The van der Waals surface area contributed by atoms with Gasteiger partial charge in [0, 0.05) is 12.4 Å². The molecule has 0 aliphatic rings. The number of halogens is 3. The van der Waals surface area contributed by atoms with Crippen LogP contribution in [0.1, 0.15) is 18.8 Å². The van der Waals surface area contributed by atoms with Gasteiger partial charge in [-0.05, 0) is 6.92 Å². The van der Waals surface area contributed by atoms with Crippen molar-refractivity contribution < 1.29 is 18.0 Å². The van der Waals surface area contributed by atoms with E-state index in [-0.39, 0.29) is 0 Å². The van der Waals surface area contributed by atoms with E-state index in [0.717, 1.165) is 0 Å². The Labute approximate surface area is 89.4 Å². The van der Waals surface area contributed by atoms with Crippen molar-refractivity contribution in [2.45, 2.75) is 19.1 Å². The van der Waals surface area contributed by atoms with Crippen LogP contribution in [0.15, 0.2) is 12.4 Å². The Morgan fingerprint density at radius 2 is 2.31 bits per heavy atom. The summed E-state index contributed by atoms with van der Waals surface area (Å²) < 4.78 is 35.3. The van der Waals surface area contributed by atoms with E-state index in [1.165, 1.54) is 6.20 Å². The summed E-state index contributed by atoms with van der Waals surface area (Å²) in [4.78, 5) is 17.6.